The van der Waals surface area contributed by atoms with Crippen molar-refractivity contribution in [3.05, 3.63) is 42.4 Å². The second-order valence-electron chi connectivity index (χ2n) is 3.28. The van der Waals surface area contributed by atoms with Crippen LogP contribution >= 0.6 is 0 Å². The number of nitrogens with one attached hydrogen (secondary N) is 1. The molecular weight excluding hydrogens is 188 g/mol. The van der Waals surface area contributed by atoms with E-state index in [1.165, 1.54) is 0 Å². The maximum atomic E-state index is 5.57. The second kappa shape index (κ2) is 3.96. The summed E-state index contributed by atoms with van der Waals surface area (Å²) in [7, 11) is 0. The number of aryl methyl sites for hydroxylation is 1. The molecule has 0 aromatic carbocycles. The third kappa shape index (κ3) is 2.43. The number of nitrogen functional groups attached to an aromatic ring is 1. The summed E-state index contributed by atoms with van der Waals surface area (Å²) in [5.41, 5.74) is 8.41. The lowest BCUT2D eigenvalue weighted by molar-refractivity contribution is 1.20. The Kier molecular flexibility index (Phi) is 2.49. The first-order chi connectivity index (χ1) is 7.24. The lowest BCUT2D eigenvalue weighted by Gasteiger charge is -2.06. The van der Waals surface area contributed by atoms with Crippen molar-refractivity contribution in [2.45, 2.75) is 6.92 Å². The molecule has 76 valence electrons. The minimum absolute atomic E-state index is 0.500. The summed E-state index contributed by atoms with van der Waals surface area (Å²) in [5.74, 6) is 0.500. The van der Waals surface area contributed by atoms with E-state index in [4.69, 9.17) is 5.73 Å². The highest BCUT2D eigenvalue weighted by atomic mass is 14.9. The van der Waals surface area contributed by atoms with E-state index >= 15 is 0 Å². The zero-order valence-electron chi connectivity index (χ0n) is 8.44. The molecule has 0 aliphatic heterocycles. The summed E-state index contributed by atoms with van der Waals surface area (Å²) in [6.07, 6.45) is 3.45. The number of pyridine rings is 2. The van der Waals surface area contributed by atoms with E-state index in [1.807, 2.05) is 25.1 Å². The van der Waals surface area contributed by atoms with Crippen molar-refractivity contribution < 1.29 is 0 Å². The van der Waals surface area contributed by atoms with Gasteiger partial charge in [-0.25, -0.2) is 4.98 Å². The van der Waals surface area contributed by atoms with E-state index in [0.717, 1.165) is 17.1 Å². The number of nitrogens with zero attached hydrogens (tertiary/aromatic N) is 2. The third-order valence-electron chi connectivity index (χ3n) is 1.98. The van der Waals surface area contributed by atoms with Crippen LogP contribution in [0.25, 0.3) is 0 Å². The summed E-state index contributed by atoms with van der Waals surface area (Å²) < 4.78 is 0. The number of nitrogens with two attached hydrogens (primary N) is 1. The standard InChI is InChI=1S/C11H12N4/c1-8-2-3-10(7-14-8)15-9-4-5-13-11(12)6-9/h2-7H,1H3,(H3,12,13,15). The summed E-state index contributed by atoms with van der Waals surface area (Å²) >= 11 is 0. The maximum Gasteiger partial charge on any atom is 0.125 e. The monoisotopic (exact) mass is 200 g/mol. The molecule has 0 saturated carbocycles. The van der Waals surface area contributed by atoms with Crippen molar-refractivity contribution in [3.8, 4) is 0 Å². The fourth-order valence-electron chi connectivity index (χ4n) is 1.23. The molecule has 0 bridgehead atoms. The van der Waals surface area contributed by atoms with Crippen LogP contribution in [0, 0.1) is 6.92 Å². The molecule has 0 radical (unpaired) electrons. The van der Waals surface area contributed by atoms with Gasteiger partial charge in [0.1, 0.15) is 5.82 Å². The van der Waals surface area contributed by atoms with Gasteiger partial charge in [0, 0.05) is 23.6 Å². The van der Waals surface area contributed by atoms with Crippen LogP contribution in [-0.4, -0.2) is 9.97 Å². The van der Waals surface area contributed by atoms with Gasteiger partial charge in [-0.2, -0.15) is 0 Å². The quantitative estimate of drug-likeness (QED) is 0.779. The molecule has 0 spiro atoms. The molecule has 0 fully saturated rings. The Morgan fingerprint density at radius 1 is 1.13 bits per heavy atom. The van der Waals surface area contributed by atoms with Crippen LogP contribution in [0.15, 0.2) is 36.7 Å². The molecule has 0 saturated heterocycles. The second-order valence-corrected chi connectivity index (χ2v) is 3.28. The number of rotatable bonds is 2. The molecule has 0 aliphatic carbocycles. The van der Waals surface area contributed by atoms with Gasteiger partial charge < -0.3 is 11.1 Å². The van der Waals surface area contributed by atoms with Crippen molar-refractivity contribution in [2.75, 3.05) is 11.1 Å². The highest BCUT2D eigenvalue weighted by Gasteiger charge is 1.95. The van der Waals surface area contributed by atoms with Gasteiger partial charge in [-0.1, -0.05) is 0 Å². The number of aromatic nitrogens is 2. The number of hydrogen-bond donors (Lipinski definition) is 2. The highest BCUT2D eigenvalue weighted by molar-refractivity contribution is 5.60. The van der Waals surface area contributed by atoms with E-state index in [9.17, 15) is 0 Å². The molecule has 15 heavy (non-hydrogen) atoms. The van der Waals surface area contributed by atoms with Crippen LogP contribution in [0.5, 0.6) is 0 Å². The van der Waals surface area contributed by atoms with Crippen LogP contribution in [0.1, 0.15) is 5.69 Å². The fourth-order valence-corrected chi connectivity index (χ4v) is 1.23. The third-order valence-corrected chi connectivity index (χ3v) is 1.98. The van der Waals surface area contributed by atoms with Gasteiger partial charge in [0.15, 0.2) is 0 Å². The fraction of sp³-hybridized carbons (Fsp3) is 0.0909. The Balaban J connectivity index is 2.18. The minimum atomic E-state index is 0.500. The largest absolute Gasteiger partial charge is 0.384 e. The predicted octanol–water partition coefficient (Wildman–Crippen LogP) is 2.11. The minimum Gasteiger partial charge on any atom is -0.384 e. The van der Waals surface area contributed by atoms with Gasteiger partial charge in [0.25, 0.3) is 0 Å². The zero-order valence-corrected chi connectivity index (χ0v) is 8.44. The van der Waals surface area contributed by atoms with E-state index in [-0.39, 0.29) is 0 Å². The van der Waals surface area contributed by atoms with Crippen LogP contribution in [0.3, 0.4) is 0 Å². The Labute approximate surface area is 88.2 Å². The van der Waals surface area contributed by atoms with E-state index in [1.54, 1.807) is 18.5 Å². The SMILES string of the molecule is Cc1ccc(Nc2ccnc(N)c2)cn1. The molecule has 0 atom stereocenters. The highest BCUT2D eigenvalue weighted by Crippen LogP contribution is 2.16. The Bertz CT molecular complexity index is 450. The normalized spacial score (nSPS) is 9.93. The average Bonchev–Trinajstić information content (AvgIpc) is 2.22. The molecule has 0 unspecified atom stereocenters. The molecule has 0 amide bonds. The molecule has 2 heterocycles. The Morgan fingerprint density at radius 2 is 2.00 bits per heavy atom. The average molecular weight is 200 g/mol. The maximum absolute atomic E-state index is 5.57. The summed E-state index contributed by atoms with van der Waals surface area (Å²) in [5, 5.41) is 3.19. The summed E-state index contributed by atoms with van der Waals surface area (Å²) in [6, 6.07) is 7.56. The summed E-state index contributed by atoms with van der Waals surface area (Å²) in [4.78, 5) is 8.11. The van der Waals surface area contributed by atoms with Crippen molar-refractivity contribution >= 4 is 17.2 Å². The van der Waals surface area contributed by atoms with Crippen molar-refractivity contribution in [1.29, 1.82) is 0 Å². The molecule has 0 aliphatic rings. The van der Waals surface area contributed by atoms with Crippen LogP contribution in [0.4, 0.5) is 17.2 Å². The van der Waals surface area contributed by atoms with Crippen molar-refractivity contribution in [1.82, 2.24) is 9.97 Å². The van der Waals surface area contributed by atoms with Gasteiger partial charge in [0.05, 0.1) is 11.9 Å². The van der Waals surface area contributed by atoms with Gasteiger partial charge >= 0.3 is 0 Å². The van der Waals surface area contributed by atoms with Crippen LogP contribution in [0.2, 0.25) is 0 Å². The van der Waals surface area contributed by atoms with E-state index < -0.39 is 0 Å². The lowest BCUT2D eigenvalue weighted by Crippen LogP contribution is -1.94. The van der Waals surface area contributed by atoms with Crippen molar-refractivity contribution in [3.63, 3.8) is 0 Å². The first-order valence-corrected chi connectivity index (χ1v) is 4.65. The first kappa shape index (κ1) is 9.45. The lowest BCUT2D eigenvalue weighted by atomic mass is 10.3. The predicted molar refractivity (Wildman–Crippen MR) is 60.9 cm³/mol. The van der Waals surface area contributed by atoms with Crippen molar-refractivity contribution in [2.24, 2.45) is 0 Å². The molecule has 4 nitrogen and oxygen atoms in total. The first-order valence-electron chi connectivity index (χ1n) is 4.65. The van der Waals surface area contributed by atoms with Gasteiger partial charge in [-0.3, -0.25) is 4.98 Å². The topological polar surface area (TPSA) is 63.8 Å². The van der Waals surface area contributed by atoms with E-state index in [0.29, 0.717) is 5.82 Å². The summed E-state index contributed by atoms with van der Waals surface area (Å²) in [6.45, 7) is 1.95. The molecular formula is C11H12N4. The Morgan fingerprint density at radius 3 is 2.67 bits per heavy atom. The van der Waals surface area contributed by atoms with Crippen LogP contribution < -0.4 is 11.1 Å². The number of hydrogen-bond acceptors (Lipinski definition) is 4. The van der Waals surface area contributed by atoms with Gasteiger partial charge in [-0.15, -0.1) is 0 Å². The number of anilines is 3. The smallest absolute Gasteiger partial charge is 0.125 e. The molecule has 2 rings (SSSR count). The molecule has 2 aromatic heterocycles. The van der Waals surface area contributed by atoms with Gasteiger partial charge in [0.2, 0.25) is 0 Å². The van der Waals surface area contributed by atoms with E-state index in [2.05, 4.69) is 15.3 Å². The molecule has 3 N–H and O–H groups in total. The molecule has 4 heteroatoms. The Hall–Kier alpha value is -2.10. The molecule has 2 aromatic rings. The van der Waals surface area contributed by atoms with Crippen LogP contribution in [-0.2, 0) is 0 Å². The zero-order chi connectivity index (χ0) is 10.7. The van der Waals surface area contributed by atoms with Gasteiger partial charge in [-0.05, 0) is 25.1 Å².